The molecule has 0 aromatic heterocycles. The van der Waals surface area contributed by atoms with Crippen molar-refractivity contribution in [1.29, 1.82) is 0 Å². The molecular formula is C10H11NO2. The zero-order valence-corrected chi connectivity index (χ0v) is 7.70. The van der Waals surface area contributed by atoms with Gasteiger partial charge in [0.15, 0.2) is 0 Å². The third-order valence-corrected chi connectivity index (χ3v) is 1.81. The average molecular weight is 177 g/mol. The highest BCUT2D eigenvalue weighted by Crippen LogP contribution is 2.23. The third-order valence-electron chi connectivity index (χ3n) is 1.81. The Balaban J connectivity index is 3.04. The van der Waals surface area contributed by atoms with Crippen LogP contribution in [0.25, 0.3) is 0 Å². The Kier molecular flexibility index (Phi) is 3.23. The topological polar surface area (TPSA) is 38.7 Å². The molecule has 1 rings (SSSR count). The minimum absolute atomic E-state index is 0.328. The summed E-state index contributed by atoms with van der Waals surface area (Å²) in [5.74, 6) is 0.793. The first kappa shape index (κ1) is 9.49. The Bertz CT molecular complexity index is 341. The molecule has 1 aromatic rings. The molecule has 0 unspecified atom stereocenters. The number of ether oxygens (including phenoxy) is 1. The van der Waals surface area contributed by atoms with Crippen LogP contribution in [-0.2, 0) is 11.3 Å². The van der Waals surface area contributed by atoms with Gasteiger partial charge in [-0.05, 0) is 12.5 Å². The van der Waals surface area contributed by atoms with Gasteiger partial charge in [-0.3, -0.25) is 0 Å². The van der Waals surface area contributed by atoms with Crippen LogP contribution in [0.3, 0.4) is 0 Å². The highest BCUT2D eigenvalue weighted by atomic mass is 16.5. The van der Waals surface area contributed by atoms with E-state index in [1.54, 1.807) is 7.11 Å². The smallest absolute Gasteiger partial charge is 0.235 e. The van der Waals surface area contributed by atoms with Crippen LogP contribution in [0.2, 0.25) is 0 Å². The Morgan fingerprint density at radius 1 is 1.54 bits per heavy atom. The molecule has 0 amide bonds. The van der Waals surface area contributed by atoms with Gasteiger partial charge in [0.2, 0.25) is 6.08 Å². The second-order valence-electron chi connectivity index (χ2n) is 2.67. The van der Waals surface area contributed by atoms with Crippen molar-refractivity contribution in [3.05, 3.63) is 29.3 Å². The van der Waals surface area contributed by atoms with Gasteiger partial charge in [-0.25, -0.2) is 9.79 Å². The highest BCUT2D eigenvalue weighted by molar-refractivity contribution is 5.42. The molecule has 0 N–H and O–H groups in total. The lowest BCUT2D eigenvalue weighted by Gasteiger charge is -2.08. The molecule has 68 valence electrons. The molecule has 0 aliphatic heterocycles. The molecule has 3 heteroatoms. The predicted molar refractivity (Wildman–Crippen MR) is 49.6 cm³/mol. The van der Waals surface area contributed by atoms with E-state index in [1.807, 2.05) is 25.1 Å². The Morgan fingerprint density at radius 3 is 2.92 bits per heavy atom. The van der Waals surface area contributed by atoms with Crippen LogP contribution < -0.4 is 4.74 Å². The quantitative estimate of drug-likeness (QED) is 0.522. The molecule has 0 heterocycles. The first-order chi connectivity index (χ1) is 6.29. The number of aryl methyl sites for hydroxylation is 1. The maximum atomic E-state index is 9.93. The summed E-state index contributed by atoms with van der Waals surface area (Å²) < 4.78 is 5.18. The lowest BCUT2D eigenvalue weighted by atomic mass is 10.1. The third kappa shape index (κ3) is 2.17. The van der Waals surface area contributed by atoms with Gasteiger partial charge in [0.05, 0.1) is 13.7 Å². The number of nitrogens with zero attached hydrogens (tertiary/aromatic N) is 1. The molecule has 0 saturated carbocycles. The van der Waals surface area contributed by atoms with E-state index in [0.717, 1.165) is 16.9 Å². The van der Waals surface area contributed by atoms with Gasteiger partial charge in [0.25, 0.3) is 0 Å². The van der Waals surface area contributed by atoms with Crippen LogP contribution in [0.15, 0.2) is 23.2 Å². The number of methoxy groups -OCH3 is 1. The number of hydrogen-bond donors (Lipinski definition) is 0. The molecule has 0 bridgehead atoms. The Labute approximate surface area is 77.1 Å². The van der Waals surface area contributed by atoms with Gasteiger partial charge in [0.1, 0.15) is 5.75 Å². The summed E-state index contributed by atoms with van der Waals surface area (Å²) in [5, 5.41) is 0. The van der Waals surface area contributed by atoms with Crippen molar-refractivity contribution < 1.29 is 9.53 Å². The fourth-order valence-corrected chi connectivity index (χ4v) is 1.25. The number of isocyanates is 1. The second kappa shape index (κ2) is 4.43. The molecule has 0 spiro atoms. The van der Waals surface area contributed by atoms with E-state index < -0.39 is 0 Å². The van der Waals surface area contributed by atoms with E-state index in [0.29, 0.717) is 6.54 Å². The molecule has 1 aromatic carbocycles. The fourth-order valence-electron chi connectivity index (χ4n) is 1.25. The van der Waals surface area contributed by atoms with Crippen LogP contribution in [-0.4, -0.2) is 13.2 Å². The summed E-state index contributed by atoms with van der Waals surface area (Å²) >= 11 is 0. The van der Waals surface area contributed by atoms with Gasteiger partial charge in [0, 0.05) is 5.56 Å². The van der Waals surface area contributed by atoms with E-state index in [4.69, 9.17) is 4.74 Å². The van der Waals surface area contributed by atoms with Crippen molar-refractivity contribution in [2.24, 2.45) is 4.99 Å². The second-order valence-corrected chi connectivity index (χ2v) is 2.67. The van der Waals surface area contributed by atoms with E-state index >= 15 is 0 Å². The van der Waals surface area contributed by atoms with Gasteiger partial charge < -0.3 is 4.74 Å². The number of para-hydroxylation sites is 1. The molecule has 0 fully saturated rings. The van der Waals surface area contributed by atoms with Crippen molar-refractivity contribution >= 4 is 6.08 Å². The number of hydrogen-bond acceptors (Lipinski definition) is 3. The number of benzene rings is 1. The normalized spacial score (nSPS) is 9.08. The van der Waals surface area contributed by atoms with Crippen molar-refractivity contribution in [2.75, 3.05) is 7.11 Å². The molecular weight excluding hydrogens is 166 g/mol. The van der Waals surface area contributed by atoms with Crippen LogP contribution in [0.5, 0.6) is 5.75 Å². The predicted octanol–water partition coefficient (Wildman–Crippen LogP) is 1.84. The zero-order chi connectivity index (χ0) is 9.68. The Morgan fingerprint density at radius 2 is 2.31 bits per heavy atom. The largest absolute Gasteiger partial charge is 0.496 e. The van der Waals surface area contributed by atoms with Crippen LogP contribution in [0.4, 0.5) is 0 Å². The van der Waals surface area contributed by atoms with E-state index in [9.17, 15) is 4.79 Å². The van der Waals surface area contributed by atoms with Crippen LogP contribution in [0, 0.1) is 6.92 Å². The first-order valence-electron chi connectivity index (χ1n) is 3.95. The minimum Gasteiger partial charge on any atom is -0.496 e. The van der Waals surface area contributed by atoms with Gasteiger partial charge in [-0.15, -0.1) is 0 Å². The lowest BCUT2D eigenvalue weighted by Crippen LogP contribution is -1.93. The molecule has 3 nitrogen and oxygen atoms in total. The van der Waals surface area contributed by atoms with Gasteiger partial charge >= 0.3 is 0 Å². The number of rotatable bonds is 3. The van der Waals surface area contributed by atoms with Gasteiger partial charge in [-0.2, -0.15) is 0 Å². The first-order valence-corrected chi connectivity index (χ1v) is 3.95. The summed E-state index contributed by atoms with van der Waals surface area (Å²) in [6.07, 6.45) is 1.51. The summed E-state index contributed by atoms with van der Waals surface area (Å²) in [6.45, 7) is 2.28. The van der Waals surface area contributed by atoms with Crippen molar-refractivity contribution in [3.63, 3.8) is 0 Å². The molecule has 0 saturated heterocycles. The van der Waals surface area contributed by atoms with Crippen LogP contribution >= 0.6 is 0 Å². The standard InChI is InChI=1S/C10H11NO2/c1-8-4-3-5-9(6-11-7-12)10(8)13-2/h3-5H,6H2,1-2H3. The van der Waals surface area contributed by atoms with Crippen molar-refractivity contribution in [3.8, 4) is 5.75 Å². The molecule has 0 radical (unpaired) electrons. The lowest BCUT2D eigenvalue weighted by molar-refractivity contribution is 0.406. The summed E-state index contributed by atoms with van der Waals surface area (Å²) in [7, 11) is 1.61. The van der Waals surface area contributed by atoms with Gasteiger partial charge in [-0.1, -0.05) is 18.2 Å². The molecule has 0 aliphatic rings. The van der Waals surface area contributed by atoms with E-state index in [1.165, 1.54) is 6.08 Å². The number of aliphatic imine (C=N–C) groups is 1. The number of carbonyl (C=O) groups excluding carboxylic acids is 1. The summed E-state index contributed by atoms with van der Waals surface area (Å²) in [4.78, 5) is 13.4. The monoisotopic (exact) mass is 177 g/mol. The van der Waals surface area contributed by atoms with E-state index in [2.05, 4.69) is 4.99 Å². The van der Waals surface area contributed by atoms with Crippen molar-refractivity contribution in [2.45, 2.75) is 13.5 Å². The maximum Gasteiger partial charge on any atom is 0.235 e. The minimum atomic E-state index is 0.328. The van der Waals surface area contributed by atoms with E-state index in [-0.39, 0.29) is 0 Å². The maximum absolute atomic E-state index is 9.93. The molecule has 0 atom stereocenters. The SMILES string of the molecule is COc1c(C)cccc1CN=C=O. The zero-order valence-electron chi connectivity index (χ0n) is 7.70. The molecule has 0 aliphatic carbocycles. The molecule has 13 heavy (non-hydrogen) atoms. The fraction of sp³-hybridized carbons (Fsp3) is 0.300. The van der Waals surface area contributed by atoms with Crippen molar-refractivity contribution in [1.82, 2.24) is 0 Å². The summed E-state index contributed by atoms with van der Waals surface area (Å²) in [6, 6.07) is 5.74. The van der Waals surface area contributed by atoms with Crippen LogP contribution in [0.1, 0.15) is 11.1 Å². The average Bonchev–Trinajstić information content (AvgIpc) is 2.15. The Hall–Kier alpha value is -1.60. The highest BCUT2D eigenvalue weighted by Gasteiger charge is 2.03. The summed E-state index contributed by atoms with van der Waals surface area (Å²) in [5.41, 5.74) is 1.95.